The Balaban J connectivity index is 1.13. The lowest BCUT2D eigenvalue weighted by atomic mass is 10.2. The second-order valence-electron chi connectivity index (χ2n) is 10.6. The van der Waals surface area contributed by atoms with Gasteiger partial charge in [0.1, 0.15) is 30.2 Å². The number of pyridine rings is 2. The fourth-order valence-corrected chi connectivity index (χ4v) is 5.02. The zero-order valence-corrected chi connectivity index (χ0v) is 24.2. The summed E-state index contributed by atoms with van der Waals surface area (Å²) >= 11 is 0. The zero-order chi connectivity index (χ0) is 31.1. The Morgan fingerprint density at radius 3 is 2.87 bits per heavy atom. The number of benzene rings is 1. The van der Waals surface area contributed by atoms with Gasteiger partial charge >= 0.3 is 0 Å². The average Bonchev–Trinajstić information content (AvgIpc) is 3.45. The molecule has 1 fully saturated rings. The highest BCUT2D eigenvalue weighted by Crippen LogP contribution is 2.37. The molecule has 0 saturated carbocycles. The molecule has 13 nitrogen and oxygen atoms in total. The maximum Gasteiger partial charge on any atom is 0.250 e. The van der Waals surface area contributed by atoms with Crippen molar-refractivity contribution in [3.63, 3.8) is 0 Å². The number of anilines is 3. The molecule has 0 unspecified atom stereocenters. The minimum Gasteiger partial charge on any atom is -0.459 e. The van der Waals surface area contributed by atoms with Crippen LogP contribution in [0.5, 0.6) is 17.2 Å². The number of halogens is 2. The van der Waals surface area contributed by atoms with E-state index in [-0.39, 0.29) is 28.9 Å². The molecule has 2 aliphatic heterocycles. The number of hydrogen-bond donors (Lipinski definition) is 1. The van der Waals surface area contributed by atoms with Crippen LogP contribution in [0.3, 0.4) is 0 Å². The molecule has 15 heteroatoms. The van der Waals surface area contributed by atoms with Gasteiger partial charge in [-0.15, -0.1) is 0 Å². The van der Waals surface area contributed by atoms with E-state index in [1.807, 2.05) is 30.0 Å². The van der Waals surface area contributed by atoms with E-state index in [0.717, 1.165) is 12.1 Å². The van der Waals surface area contributed by atoms with Crippen molar-refractivity contribution in [2.45, 2.75) is 0 Å². The number of nitrogens with one attached hydrogen (secondary N) is 1. The van der Waals surface area contributed by atoms with Crippen LogP contribution >= 0.6 is 0 Å². The molecule has 0 radical (unpaired) electrons. The lowest BCUT2D eigenvalue weighted by molar-refractivity contribution is -0.124. The third-order valence-electron chi connectivity index (χ3n) is 7.22. The molecule has 2 bridgehead atoms. The molecule has 1 aromatic carbocycles. The van der Waals surface area contributed by atoms with E-state index in [2.05, 4.69) is 25.4 Å². The summed E-state index contributed by atoms with van der Waals surface area (Å²) in [6, 6.07) is 6.76. The molecule has 2 aliphatic rings. The van der Waals surface area contributed by atoms with Gasteiger partial charge in [-0.25, -0.2) is 33.2 Å². The molecule has 0 aliphatic carbocycles. The van der Waals surface area contributed by atoms with Gasteiger partial charge in [0.05, 0.1) is 23.4 Å². The quantitative estimate of drug-likeness (QED) is 0.269. The Morgan fingerprint density at radius 2 is 2.00 bits per heavy atom. The highest BCUT2D eigenvalue weighted by Gasteiger charge is 2.30. The SMILES string of the molecule is CN(C)C/C=C/C(=O)N1CCN2CC1=COc1cc3ncnc(Nc4cc(F)c(Oc5ccn6ncnc6c5)cc4F)c3nc12. The van der Waals surface area contributed by atoms with E-state index in [4.69, 9.17) is 14.5 Å². The number of rotatable bonds is 7. The number of amides is 1. The topological polar surface area (TPSA) is 126 Å². The van der Waals surface area contributed by atoms with Crippen molar-refractivity contribution in [1.82, 2.24) is 39.3 Å². The maximum absolute atomic E-state index is 15.3. The van der Waals surface area contributed by atoms with Gasteiger partial charge in [0, 0.05) is 56.2 Å². The molecule has 45 heavy (non-hydrogen) atoms. The Hall–Kier alpha value is -5.70. The first-order valence-corrected chi connectivity index (χ1v) is 13.9. The first-order valence-electron chi connectivity index (χ1n) is 13.9. The van der Waals surface area contributed by atoms with Gasteiger partial charge in [-0.3, -0.25) is 4.79 Å². The van der Waals surface area contributed by atoms with Gasteiger partial charge in [0.15, 0.2) is 40.4 Å². The van der Waals surface area contributed by atoms with E-state index in [0.29, 0.717) is 60.1 Å². The fraction of sp³-hybridized carbons (Fsp3) is 0.200. The van der Waals surface area contributed by atoms with E-state index in [9.17, 15) is 4.79 Å². The van der Waals surface area contributed by atoms with Crippen molar-refractivity contribution < 1.29 is 23.0 Å². The van der Waals surface area contributed by atoms with E-state index in [1.165, 1.54) is 17.2 Å². The minimum absolute atomic E-state index is 0.130. The van der Waals surface area contributed by atoms with Crippen LogP contribution in [0.1, 0.15) is 0 Å². The fourth-order valence-electron chi connectivity index (χ4n) is 5.02. The second-order valence-corrected chi connectivity index (χ2v) is 10.6. The van der Waals surface area contributed by atoms with Crippen molar-refractivity contribution in [3.05, 3.63) is 84.9 Å². The number of aromatic nitrogens is 6. The monoisotopic (exact) mass is 612 g/mol. The van der Waals surface area contributed by atoms with Crippen molar-refractivity contribution in [2.75, 3.05) is 50.5 Å². The number of nitrogens with zero attached hydrogens (tertiary/aromatic N) is 9. The summed E-state index contributed by atoms with van der Waals surface area (Å²) in [5, 5.41) is 6.85. The molecule has 7 rings (SSSR count). The van der Waals surface area contributed by atoms with E-state index in [1.54, 1.807) is 41.6 Å². The maximum atomic E-state index is 15.3. The summed E-state index contributed by atoms with van der Waals surface area (Å²) in [7, 11) is 3.86. The van der Waals surface area contributed by atoms with Crippen LogP contribution < -0.4 is 19.7 Å². The third-order valence-corrected chi connectivity index (χ3v) is 7.22. The van der Waals surface area contributed by atoms with Crippen molar-refractivity contribution in [1.29, 1.82) is 0 Å². The average molecular weight is 613 g/mol. The molecule has 228 valence electrons. The summed E-state index contributed by atoms with van der Waals surface area (Å²) in [6.45, 7) is 1.97. The molecule has 1 saturated heterocycles. The standard InChI is InChI=1S/C30H26F2N10O3/c1-39(2)6-3-4-27(43)41-9-8-40-14-18(41)15-44-25-13-23-28(38-30(25)40)29(35-16-33-23)37-22-11-21(32)24(12-20(22)31)45-19-5-7-42-26(10-19)34-17-36-42/h3-5,7,10-13,15-17H,6,8-9,14H2,1-2H3,(H,33,35,37)/b4-3+. The lowest BCUT2D eigenvalue weighted by Gasteiger charge is -2.35. The number of piperazine rings is 1. The van der Waals surface area contributed by atoms with Crippen LogP contribution in [0.25, 0.3) is 16.7 Å². The number of fused-ring (bicyclic) bond motifs is 6. The highest BCUT2D eigenvalue weighted by molar-refractivity contribution is 5.91. The second kappa shape index (κ2) is 11.4. The first-order chi connectivity index (χ1) is 21.8. The number of likely N-dealkylation sites (N-methyl/N-ethyl adjacent to an activating group) is 1. The molecule has 4 aromatic heterocycles. The molecule has 1 amide bonds. The molecular weight excluding hydrogens is 586 g/mol. The Labute approximate surface area is 255 Å². The summed E-state index contributed by atoms with van der Waals surface area (Å²) < 4.78 is 43.4. The van der Waals surface area contributed by atoms with Gasteiger partial charge in [-0.1, -0.05) is 6.08 Å². The summed E-state index contributed by atoms with van der Waals surface area (Å²) in [4.78, 5) is 35.9. The Kier molecular flexibility index (Phi) is 7.13. The van der Waals surface area contributed by atoms with Crippen LogP contribution in [0.15, 0.2) is 73.3 Å². The minimum atomic E-state index is -0.795. The van der Waals surface area contributed by atoms with Crippen LogP contribution in [-0.2, 0) is 4.79 Å². The normalized spacial score (nSPS) is 14.5. The van der Waals surface area contributed by atoms with Gasteiger partial charge in [-0.05, 0) is 20.2 Å². The van der Waals surface area contributed by atoms with Crippen molar-refractivity contribution >= 4 is 39.9 Å². The van der Waals surface area contributed by atoms with Gasteiger partial charge in [0.25, 0.3) is 5.91 Å². The predicted molar refractivity (Wildman–Crippen MR) is 160 cm³/mol. The van der Waals surface area contributed by atoms with Crippen LogP contribution in [0.2, 0.25) is 0 Å². The molecule has 5 aromatic rings. The third kappa shape index (κ3) is 5.56. The molecule has 0 spiro atoms. The Morgan fingerprint density at radius 1 is 1.11 bits per heavy atom. The number of carbonyl (C=O) groups excluding carboxylic acids is 1. The Bertz CT molecular complexity index is 2010. The molecule has 0 atom stereocenters. The van der Waals surface area contributed by atoms with Gasteiger partial charge < -0.3 is 29.5 Å². The first kappa shape index (κ1) is 28.1. The molecule has 6 heterocycles. The molecular formula is C30H26F2N10O3. The van der Waals surface area contributed by atoms with Gasteiger partial charge in [0.2, 0.25) is 0 Å². The van der Waals surface area contributed by atoms with E-state index < -0.39 is 11.6 Å². The van der Waals surface area contributed by atoms with Crippen LogP contribution in [-0.4, -0.2) is 85.5 Å². The number of ether oxygens (including phenoxy) is 2. The number of hydrogen-bond acceptors (Lipinski definition) is 11. The van der Waals surface area contributed by atoms with Crippen LogP contribution in [0, 0.1) is 11.6 Å². The molecule has 1 N–H and O–H groups in total. The van der Waals surface area contributed by atoms with Crippen molar-refractivity contribution in [2.24, 2.45) is 0 Å². The predicted octanol–water partition coefficient (Wildman–Crippen LogP) is 3.88. The summed E-state index contributed by atoms with van der Waals surface area (Å²) in [5.41, 5.74) is 1.77. The number of carbonyl (C=O) groups is 1. The van der Waals surface area contributed by atoms with Crippen molar-refractivity contribution in [3.8, 4) is 17.2 Å². The van der Waals surface area contributed by atoms with Gasteiger partial charge in [-0.2, -0.15) is 5.10 Å². The summed E-state index contributed by atoms with van der Waals surface area (Å²) in [5.74, 6) is -0.592. The zero-order valence-electron chi connectivity index (χ0n) is 24.2. The smallest absolute Gasteiger partial charge is 0.250 e. The van der Waals surface area contributed by atoms with E-state index >= 15 is 8.78 Å². The highest BCUT2D eigenvalue weighted by atomic mass is 19.1. The van der Waals surface area contributed by atoms with Crippen LogP contribution in [0.4, 0.5) is 26.1 Å². The summed E-state index contributed by atoms with van der Waals surface area (Å²) in [6.07, 6.45) is 9.20. The lowest BCUT2D eigenvalue weighted by Crippen LogP contribution is -2.46. The largest absolute Gasteiger partial charge is 0.459 e.